The lowest BCUT2D eigenvalue weighted by molar-refractivity contribution is 0.0595. The molecule has 7 heteroatoms. The highest BCUT2D eigenvalue weighted by molar-refractivity contribution is 6.45. The minimum atomic E-state index is -0.498. The van der Waals surface area contributed by atoms with Gasteiger partial charge in [-0.2, -0.15) is 0 Å². The summed E-state index contributed by atoms with van der Waals surface area (Å²) in [6.07, 6.45) is 0. The molecular formula is C17H12Cl3NO3. The van der Waals surface area contributed by atoms with Crippen LogP contribution in [0, 0.1) is 0 Å². The van der Waals surface area contributed by atoms with Crippen molar-refractivity contribution in [3.05, 3.63) is 62.7 Å². The number of aromatic amines is 1. The number of aromatic nitrogens is 1. The molecule has 0 aliphatic carbocycles. The Morgan fingerprint density at radius 1 is 1.12 bits per heavy atom. The molecule has 4 nitrogen and oxygen atoms in total. The molecule has 0 fully saturated rings. The number of nitrogens with one attached hydrogen (secondary N) is 1. The van der Waals surface area contributed by atoms with Crippen molar-refractivity contribution >= 4 is 51.7 Å². The van der Waals surface area contributed by atoms with E-state index in [4.69, 9.17) is 44.3 Å². The van der Waals surface area contributed by atoms with Crippen molar-refractivity contribution < 1.29 is 14.3 Å². The van der Waals surface area contributed by atoms with Gasteiger partial charge >= 0.3 is 5.97 Å². The van der Waals surface area contributed by atoms with Gasteiger partial charge in [-0.15, -0.1) is 0 Å². The summed E-state index contributed by atoms with van der Waals surface area (Å²) in [5, 5.41) is 1.96. The van der Waals surface area contributed by atoms with Crippen LogP contribution in [0.3, 0.4) is 0 Å². The van der Waals surface area contributed by atoms with Crippen LogP contribution in [0.15, 0.2) is 36.4 Å². The van der Waals surface area contributed by atoms with Gasteiger partial charge in [0.2, 0.25) is 0 Å². The fourth-order valence-corrected chi connectivity index (χ4v) is 2.80. The molecule has 0 saturated heterocycles. The lowest BCUT2D eigenvalue weighted by Gasteiger charge is -2.09. The molecular weight excluding hydrogens is 373 g/mol. The standard InChI is InChI=1S/C17H12Cl3NO3/c1-23-17(22)13-6-11-14(7-12(19)15(20)16(11)21-13)24-8-9-2-4-10(18)5-3-9/h2-7,21H,8H2,1H3. The van der Waals surface area contributed by atoms with E-state index in [9.17, 15) is 4.79 Å². The van der Waals surface area contributed by atoms with Crippen LogP contribution in [0.1, 0.15) is 16.1 Å². The van der Waals surface area contributed by atoms with E-state index in [1.54, 1.807) is 24.3 Å². The largest absolute Gasteiger partial charge is 0.488 e. The van der Waals surface area contributed by atoms with Crippen LogP contribution in [-0.2, 0) is 11.3 Å². The van der Waals surface area contributed by atoms with Crippen molar-refractivity contribution in [1.29, 1.82) is 0 Å². The SMILES string of the molecule is COC(=O)c1cc2c(OCc3ccc(Cl)cc3)cc(Cl)c(Cl)c2[nH]1. The van der Waals surface area contributed by atoms with Gasteiger partial charge in [0, 0.05) is 16.5 Å². The molecule has 0 spiro atoms. The summed E-state index contributed by atoms with van der Waals surface area (Å²) < 4.78 is 10.6. The lowest BCUT2D eigenvalue weighted by Crippen LogP contribution is -2.00. The quantitative estimate of drug-likeness (QED) is 0.605. The Morgan fingerprint density at radius 2 is 1.83 bits per heavy atom. The van der Waals surface area contributed by atoms with Gasteiger partial charge in [0.15, 0.2) is 0 Å². The molecule has 1 aromatic heterocycles. The smallest absolute Gasteiger partial charge is 0.354 e. The second kappa shape index (κ2) is 6.93. The van der Waals surface area contributed by atoms with E-state index in [1.165, 1.54) is 7.11 Å². The Morgan fingerprint density at radius 3 is 2.50 bits per heavy atom. The number of benzene rings is 2. The average molecular weight is 385 g/mol. The van der Waals surface area contributed by atoms with Crippen LogP contribution in [-0.4, -0.2) is 18.1 Å². The van der Waals surface area contributed by atoms with Gasteiger partial charge in [0.25, 0.3) is 0 Å². The molecule has 0 radical (unpaired) electrons. The van der Waals surface area contributed by atoms with Gasteiger partial charge in [-0.25, -0.2) is 4.79 Å². The summed E-state index contributed by atoms with van der Waals surface area (Å²) in [6.45, 7) is 0.322. The molecule has 24 heavy (non-hydrogen) atoms. The van der Waals surface area contributed by atoms with Crippen LogP contribution in [0.25, 0.3) is 10.9 Å². The Labute approximate surface area is 153 Å². The predicted molar refractivity (Wildman–Crippen MR) is 95.4 cm³/mol. The van der Waals surface area contributed by atoms with E-state index in [1.807, 2.05) is 12.1 Å². The summed E-state index contributed by atoms with van der Waals surface area (Å²) in [6, 6.07) is 10.6. The lowest BCUT2D eigenvalue weighted by atomic mass is 10.2. The molecule has 0 atom stereocenters. The molecule has 1 heterocycles. The summed E-state index contributed by atoms with van der Waals surface area (Å²) in [5.74, 6) is 0.0165. The third-order valence-electron chi connectivity index (χ3n) is 3.48. The highest BCUT2D eigenvalue weighted by Crippen LogP contribution is 2.38. The number of hydrogen-bond donors (Lipinski definition) is 1. The molecule has 0 bridgehead atoms. The molecule has 124 valence electrons. The van der Waals surface area contributed by atoms with Crippen molar-refractivity contribution in [3.8, 4) is 5.75 Å². The molecule has 3 rings (SSSR count). The number of hydrogen-bond acceptors (Lipinski definition) is 3. The Kier molecular flexibility index (Phi) is 4.90. The number of methoxy groups -OCH3 is 1. The van der Waals surface area contributed by atoms with Crippen LogP contribution < -0.4 is 4.74 Å². The monoisotopic (exact) mass is 383 g/mol. The molecule has 0 saturated carbocycles. The number of rotatable bonds is 4. The first kappa shape index (κ1) is 17.0. The summed E-state index contributed by atoms with van der Waals surface area (Å²) in [7, 11) is 1.31. The molecule has 0 unspecified atom stereocenters. The van der Waals surface area contributed by atoms with Gasteiger partial charge in [-0.05, 0) is 23.8 Å². The predicted octanol–water partition coefficient (Wildman–Crippen LogP) is 5.49. The van der Waals surface area contributed by atoms with E-state index < -0.39 is 5.97 Å². The molecule has 0 aliphatic rings. The number of H-pyrrole nitrogens is 1. The van der Waals surface area contributed by atoms with Crippen LogP contribution in [0.2, 0.25) is 15.1 Å². The van der Waals surface area contributed by atoms with Crippen molar-refractivity contribution in [2.75, 3.05) is 7.11 Å². The average Bonchev–Trinajstić information content (AvgIpc) is 3.03. The van der Waals surface area contributed by atoms with Crippen molar-refractivity contribution in [2.24, 2.45) is 0 Å². The third kappa shape index (κ3) is 3.31. The molecule has 1 N–H and O–H groups in total. The number of carbonyl (C=O) groups excluding carboxylic acids is 1. The highest BCUT2D eigenvalue weighted by Gasteiger charge is 2.17. The fraction of sp³-hybridized carbons (Fsp3) is 0.118. The van der Waals surface area contributed by atoms with Gasteiger partial charge in [-0.3, -0.25) is 0 Å². The van der Waals surface area contributed by atoms with E-state index in [0.717, 1.165) is 5.56 Å². The van der Waals surface area contributed by atoms with Crippen molar-refractivity contribution in [2.45, 2.75) is 6.61 Å². The Hall–Kier alpha value is -1.88. The zero-order chi connectivity index (χ0) is 17.3. The van der Waals surface area contributed by atoms with Crippen LogP contribution >= 0.6 is 34.8 Å². The zero-order valence-corrected chi connectivity index (χ0v) is 14.8. The maximum atomic E-state index is 11.7. The minimum Gasteiger partial charge on any atom is -0.488 e. The fourth-order valence-electron chi connectivity index (χ4n) is 2.28. The normalized spacial score (nSPS) is 10.8. The van der Waals surface area contributed by atoms with Gasteiger partial charge in [0.05, 0.1) is 22.7 Å². The molecule has 2 aromatic carbocycles. The number of ether oxygens (including phenoxy) is 2. The van der Waals surface area contributed by atoms with E-state index in [-0.39, 0.29) is 5.69 Å². The van der Waals surface area contributed by atoms with Gasteiger partial charge in [0.1, 0.15) is 18.1 Å². The van der Waals surface area contributed by atoms with Gasteiger partial charge < -0.3 is 14.5 Å². The second-order valence-corrected chi connectivity index (χ2v) is 6.27. The summed E-state index contributed by atoms with van der Waals surface area (Å²) in [5.41, 5.74) is 1.74. The number of fused-ring (bicyclic) bond motifs is 1. The number of carbonyl (C=O) groups is 1. The van der Waals surface area contributed by atoms with E-state index in [2.05, 4.69) is 4.98 Å². The first-order valence-electron chi connectivity index (χ1n) is 6.96. The summed E-state index contributed by atoms with van der Waals surface area (Å²) in [4.78, 5) is 14.6. The zero-order valence-electron chi connectivity index (χ0n) is 12.5. The third-order valence-corrected chi connectivity index (χ3v) is 4.52. The maximum Gasteiger partial charge on any atom is 0.354 e. The Balaban J connectivity index is 1.97. The number of halogens is 3. The molecule has 3 aromatic rings. The number of esters is 1. The minimum absolute atomic E-state index is 0.271. The molecule has 0 aliphatic heterocycles. The first-order chi connectivity index (χ1) is 11.5. The maximum absolute atomic E-state index is 11.7. The van der Waals surface area contributed by atoms with Gasteiger partial charge in [-0.1, -0.05) is 46.9 Å². The molecule has 0 amide bonds. The van der Waals surface area contributed by atoms with Crippen LogP contribution in [0.5, 0.6) is 5.75 Å². The van der Waals surface area contributed by atoms with Crippen molar-refractivity contribution in [1.82, 2.24) is 4.98 Å². The topological polar surface area (TPSA) is 51.3 Å². The van der Waals surface area contributed by atoms with E-state index >= 15 is 0 Å². The van der Waals surface area contributed by atoms with Crippen LogP contribution in [0.4, 0.5) is 0 Å². The van der Waals surface area contributed by atoms with E-state index in [0.29, 0.717) is 38.3 Å². The summed E-state index contributed by atoms with van der Waals surface area (Å²) >= 11 is 18.2. The first-order valence-corrected chi connectivity index (χ1v) is 8.09. The Bertz CT molecular complexity index is 904. The highest BCUT2D eigenvalue weighted by atomic mass is 35.5. The van der Waals surface area contributed by atoms with Crippen molar-refractivity contribution in [3.63, 3.8) is 0 Å². The second-order valence-electron chi connectivity index (χ2n) is 5.05.